The van der Waals surface area contributed by atoms with E-state index in [1.165, 1.54) is 5.56 Å². The molecule has 0 aliphatic rings. The molecule has 0 aliphatic heterocycles. The summed E-state index contributed by atoms with van der Waals surface area (Å²) in [6, 6.07) is 5.98. The Balaban J connectivity index is 2.86. The summed E-state index contributed by atoms with van der Waals surface area (Å²) in [6.07, 6.45) is 0.944. The van der Waals surface area contributed by atoms with Gasteiger partial charge in [-0.2, -0.15) is 0 Å². The SMILES string of the molecule is CCc1ccc(OC)c(CNC(C)(C)C(=O)O)c1. The summed E-state index contributed by atoms with van der Waals surface area (Å²) in [5.74, 6) is -0.0889. The highest BCUT2D eigenvalue weighted by Crippen LogP contribution is 2.21. The number of carbonyl (C=O) groups is 1. The van der Waals surface area contributed by atoms with Gasteiger partial charge >= 0.3 is 5.97 Å². The highest BCUT2D eigenvalue weighted by molar-refractivity contribution is 5.77. The molecule has 1 rings (SSSR count). The van der Waals surface area contributed by atoms with E-state index in [-0.39, 0.29) is 0 Å². The minimum atomic E-state index is -0.951. The number of nitrogens with one attached hydrogen (secondary N) is 1. The molecule has 0 saturated carbocycles. The lowest BCUT2D eigenvalue weighted by Gasteiger charge is -2.22. The third-order valence-electron chi connectivity index (χ3n) is 3.01. The molecule has 0 radical (unpaired) electrons. The number of aliphatic carboxylic acids is 1. The van der Waals surface area contributed by atoms with Gasteiger partial charge in [0.25, 0.3) is 0 Å². The van der Waals surface area contributed by atoms with Crippen LogP contribution in [0.2, 0.25) is 0 Å². The van der Waals surface area contributed by atoms with Crippen molar-refractivity contribution in [3.8, 4) is 5.75 Å². The molecule has 0 unspecified atom stereocenters. The average molecular weight is 251 g/mol. The largest absolute Gasteiger partial charge is 0.496 e. The van der Waals surface area contributed by atoms with Gasteiger partial charge in [-0.15, -0.1) is 0 Å². The standard InChI is InChI=1S/C14H21NO3/c1-5-10-6-7-12(18-4)11(8-10)9-15-14(2,3)13(16)17/h6-8,15H,5,9H2,1-4H3,(H,16,17). The number of hydrogen-bond donors (Lipinski definition) is 2. The predicted octanol–water partition coefficient (Wildman–Crippen LogP) is 2.21. The molecule has 18 heavy (non-hydrogen) atoms. The predicted molar refractivity (Wildman–Crippen MR) is 70.9 cm³/mol. The molecule has 0 bridgehead atoms. The maximum absolute atomic E-state index is 11.0. The first-order valence-electron chi connectivity index (χ1n) is 6.05. The summed E-state index contributed by atoms with van der Waals surface area (Å²) >= 11 is 0. The first-order valence-corrected chi connectivity index (χ1v) is 6.05. The Hall–Kier alpha value is -1.55. The summed E-state index contributed by atoms with van der Waals surface area (Å²) in [5, 5.41) is 12.1. The van der Waals surface area contributed by atoms with Crippen molar-refractivity contribution in [2.24, 2.45) is 0 Å². The number of benzene rings is 1. The van der Waals surface area contributed by atoms with E-state index in [2.05, 4.69) is 12.2 Å². The Morgan fingerprint density at radius 3 is 2.61 bits per heavy atom. The summed E-state index contributed by atoms with van der Waals surface area (Å²) in [5.41, 5.74) is 1.24. The Kier molecular flexibility index (Phi) is 4.73. The molecule has 4 heteroatoms. The van der Waals surface area contributed by atoms with E-state index in [1.807, 2.05) is 18.2 Å². The average Bonchev–Trinajstić information content (AvgIpc) is 2.35. The molecule has 0 heterocycles. The molecule has 1 aromatic carbocycles. The molecular weight excluding hydrogens is 230 g/mol. The van der Waals surface area contributed by atoms with Gasteiger partial charge in [-0.25, -0.2) is 0 Å². The molecule has 4 nitrogen and oxygen atoms in total. The monoisotopic (exact) mass is 251 g/mol. The number of ether oxygens (including phenoxy) is 1. The van der Waals surface area contributed by atoms with E-state index in [0.29, 0.717) is 6.54 Å². The fourth-order valence-corrected chi connectivity index (χ4v) is 1.58. The summed E-state index contributed by atoms with van der Waals surface area (Å²) in [6.45, 7) is 5.84. The van der Waals surface area contributed by atoms with Gasteiger partial charge in [0, 0.05) is 12.1 Å². The molecule has 2 N–H and O–H groups in total. The van der Waals surface area contributed by atoms with Gasteiger partial charge in [0.1, 0.15) is 11.3 Å². The summed E-state index contributed by atoms with van der Waals surface area (Å²) in [7, 11) is 1.62. The molecule has 0 amide bonds. The lowest BCUT2D eigenvalue weighted by atomic mass is 10.0. The van der Waals surface area contributed by atoms with Crippen LogP contribution in [-0.2, 0) is 17.8 Å². The highest BCUT2D eigenvalue weighted by atomic mass is 16.5. The minimum absolute atomic E-state index is 0.469. The van der Waals surface area contributed by atoms with Crippen LogP contribution in [-0.4, -0.2) is 23.7 Å². The van der Waals surface area contributed by atoms with Crippen LogP contribution < -0.4 is 10.1 Å². The third kappa shape index (κ3) is 3.47. The zero-order chi connectivity index (χ0) is 13.8. The van der Waals surface area contributed by atoms with Crippen molar-refractivity contribution in [1.82, 2.24) is 5.32 Å². The van der Waals surface area contributed by atoms with Gasteiger partial charge < -0.3 is 9.84 Å². The fourth-order valence-electron chi connectivity index (χ4n) is 1.58. The van der Waals surface area contributed by atoms with Crippen molar-refractivity contribution in [1.29, 1.82) is 0 Å². The van der Waals surface area contributed by atoms with E-state index in [1.54, 1.807) is 21.0 Å². The molecule has 100 valence electrons. The van der Waals surface area contributed by atoms with Crippen LogP contribution in [0.4, 0.5) is 0 Å². The number of rotatable bonds is 6. The van der Waals surface area contributed by atoms with Gasteiger partial charge in [-0.05, 0) is 31.9 Å². The van der Waals surface area contributed by atoms with Gasteiger partial charge in [0.05, 0.1) is 7.11 Å². The first kappa shape index (κ1) is 14.5. The van der Waals surface area contributed by atoms with Crippen LogP contribution in [0.3, 0.4) is 0 Å². The zero-order valence-corrected chi connectivity index (χ0v) is 11.4. The maximum Gasteiger partial charge on any atom is 0.323 e. The minimum Gasteiger partial charge on any atom is -0.496 e. The molecule has 0 aromatic heterocycles. The van der Waals surface area contributed by atoms with Crippen molar-refractivity contribution in [3.05, 3.63) is 29.3 Å². The van der Waals surface area contributed by atoms with Crippen LogP contribution in [0.25, 0.3) is 0 Å². The van der Waals surface area contributed by atoms with Crippen molar-refractivity contribution >= 4 is 5.97 Å². The van der Waals surface area contributed by atoms with Crippen molar-refractivity contribution in [3.63, 3.8) is 0 Å². The normalized spacial score (nSPS) is 11.3. The van der Waals surface area contributed by atoms with E-state index < -0.39 is 11.5 Å². The second-order valence-corrected chi connectivity index (χ2v) is 4.78. The van der Waals surface area contributed by atoms with Crippen molar-refractivity contribution in [2.75, 3.05) is 7.11 Å². The Labute approximate surface area is 108 Å². The van der Waals surface area contributed by atoms with Gasteiger partial charge in [0.2, 0.25) is 0 Å². The number of aryl methyl sites for hydroxylation is 1. The Morgan fingerprint density at radius 2 is 2.11 bits per heavy atom. The fraction of sp³-hybridized carbons (Fsp3) is 0.500. The van der Waals surface area contributed by atoms with Crippen molar-refractivity contribution in [2.45, 2.75) is 39.3 Å². The van der Waals surface area contributed by atoms with E-state index in [9.17, 15) is 4.79 Å². The molecule has 0 aliphatic carbocycles. The number of carboxylic acid groups (broad SMARTS) is 1. The quantitative estimate of drug-likeness (QED) is 0.814. The number of methoxy groups -OCH3 is 1. The van der Waals surface area contributed by atoms with Crippen LogP contribution in [0.1, 0.15) is 31.9 Å². The van der Waals surface area contributed by atoms with Gasteiger partial charge in [-0.1, -0.05) is 19.1 Å². The number of carboxylic acids is 1. The molecular formula is C14H21NO3. The van der Waals surface area contributed by atoms with Crippen LogP contribution in [0, 0.1) is 0 Å². The van der Waals surface area contributed by atoms with Crippen LogP contribution >= 0.6 is 0 Å². The molecule has 1 aromatic rings. The molecule has 0 spiro atoms. The van der Waals surface area contributed by atoms with Crippen molar-refractivity contribution < 1.29 is 14.6 Å². The zero-order valence-electron chi connectivity index (χ0n) is 11.4. The van der Waals surface area contributed by atoms with E-state index >= 15 is 0 Å². The second kappa shape index (κ2) is 5.87. The Morgan fingerprint density at radius 1 is 1.44 bits per heavy atom. The van der Waals surface area contributed by atoms with Crippen LogP contribution in [0.5, 0.6) is 5.75 Å². The van der Waals surface area contributed by atoms with Gasteiger partial charge in [0.15, 0.2) is 0 Å². The molecule has 0 fully saturated rings. The first-order chi connectivity index (χ1) is 8.40. The maximum atomic E-state index is 11.0. The molecule has 0 atom stereocenters. The van der Waals surface area contributed by atoms with E-state index in [4.69, 9.17) is 9.84 Å². The second-order valence-electron chi connectivity index (χ2n) is 4.78. The Bertz CT molecular complexity index is 427. The smallest absolute Gasteiger partial charge is 0.323 e. The third-order valence-corrected chi connectivity index (χ3v) is 3.01. The summed E-state index contributed by atoms with van der Waals surface area (Å²) < 4.78 is 5.28. The molecule has 0 saturated heterocycles. The highest BCUT2D eigenvalue weighted by Gasteiger charge is 2.26. The van der Waals surface area contributed by atoms with Crippen LogP contribution in [0.15, 0.2) is 18.2 Å². The van der Waals surface area contributed by atoms with E-state index in [0.717, 1.165) is 17.7 Å². The lowest BCUT2D eigenvalue weighted by molar-refractivity contribution is -0.143. The van der Waals surface area contributed by atoms with Gasteiger partial charge in [-0.3, -0.25) is 10.1 Å². The topological polar surface area (TPSA) is 58.6 Å². The lowest BCUT2D eigenvalue weighted by Crippen LogP contribution is -2.46. The summed E-state index contributed by atoms with van der Waals surface area (Å²) in [4.78, 5) is 11.0. The number of hydrogen-bond acceptors (Lipinski definition) is 3.